The lowest BCUT2D eigenvalue weighted by Gasteiger charge is -2.13. The van der Waals surface area contributed by atoms with Gasteiger partial charge >= 0.3 is 17.7 Å². The third-order valence-corrected chi connectivity index (χ3v) is 6.58. The van der Waals surface area contributed by atoms with Crippen molar-refractivity contribution in [3.8, 4) is 0 Å². The molecule has 0 aliphatic heterocycles. The Morgan fingerprint density at radius 3 is 2.65 bits per heavy atom. The SMILES string of the molecule is CCOC(=O)Nc1ccc2c(COC(=O)c3c(NC(C)=O)sc4c3CCCC4)cc(=O)oc2c1. The Balaban J connectivity index is 1.58. The van der Waals surface area contributed by atoms with Crippen LogP contribution in [0.4, 0.5) is 15.5 Å². The number of thiophene rings is 1. The van der Waals surface area contributed by atoms with E-state index in [1.54, 1.807) is 19.1 Å². The summed E-state index contributed by atoms with van der Waals surface area (Å²) in [4.78, 5) is 49.6. The van der Waals surface area contributed by atoms with Crippen LogP contribution in [0.1, 0.15) is 53.1 Å². The quantitative estimate of drug-likeness (QED) is 0.386. The standard InChI is InChI=1S/C24H24N2O7S/c1-3-31-24(30)26-15-8-9-16-14(10-20(28)33-18(16)11-15)12-32-23(29)21-17-6-4-5-7-19(17)34-22(21)25-13(2)27/h8-11H,3-7,12H2,1-2H3,(H,25,27)(H,26,30). The van der Waals surface area contributed by atoms with E-state index in [0.29, 0.717) is 27.2 Å². The first kappa shape index (κ1) is 23.5. The van der Waals surface area contributed by atoms with Crippen LogP contribution in [0.5, 0.6) is 0 Å². The first-order chi connectivity index (χ1) is 16.4. The lowest BCUT2D eigenvalue weighted by atomic mass is 9.95. The maximum Gasteiger partial charge on any atom is 0.411 e. The van der Waals surface area contributed by atoms with Crippen molar-refractivity contribution in [1.82, 2.24) is 0 Å². The van der Waals surface area contributed by atoms with Gasteiger partial charge < -0.3 is 19.2 Å². The fourth-order valence-electron chi connectivity index (χ4n) is 3.96. The van der Waals surface area contributed by atoms with Crippen LogP contribution in [0, 0.1) is 0 Å². The van der Waals surface area contributed by atoms with Crippen LogP contribution < -0.4 is 16.3 Å². The van der Waals surface area contributed by atoms with E-state index in [9.17, 15) is 19.2 Å². The van der Waals surface area contributed by atoms with Gasteiger partial charge in [0.1, 0.15) is 17.2 Å². The number of carbonyl (C=O) groups is 3. The summed E-state index contributed by atoms with van der Waals surface area (Å²) < 4.78 is 15.7. The molecular formula is C24H24N2O7S. The predicted octanol–water partition coefficient (Wildman–Crippen LogP) is 4.62. The van der Waals surface area contributed by atoms with E-state index in [4.69, 9.17) is 13.9 Å². The monoisotopic (exact) mass is 484 g/mol. The third-order valence-electron chi connectivity index (χ3n) is 5.38. The number of fused-ring (bicyclic) bond motifs is 2. The highest BCUT2D eigenvalue weighted by Crippen LogP contribution is 2.38. The number of hydrogen-bond acceptors (Lipinski definition) is 8. The first-order valence-electron chi connectivity index (χ1n) is 11.0. The number of amides is 2. The van der Waals surface area contributed by atoms with Crippen molar-refractivity contribution in [2.75, 3.05) is 17.2 Å². The second kappa shape index (κ2) is 10.1. The maximum absolute atomic E-state index is 13.1. The molecule has 9 nitrogen and oxygen atoms in total. The zero-order valence-electron chi connectivity index (χ0n) is 18.8. The molecule has 0 fully saturated rings. The van der Waals surface area contributed by atoms with Gasteiger partial charge in [0.05, 0.1) is 12.2 Å². The summed E-state index contributed by atoms with van der Waals surface area (Å²) in [7, 11) is 0. The molecule has 178 valence electrons. The molecule has 2 amide bonds. The Kier molecular flexibility index (Phi) is 6.97. The fourth-order valence-corrected chi connectivity index (χ4v) is 5.28. The second-order valence-electron chi connectivity index (χ2n) is 7.82. The van der Waals surface area contributed by atoms with Crippen LogP contribution in [0.3, 0.4) is 0 Å². The number of hydrogen-bond donors (Lipinski definition) is 2. The summed E-state index contributed by atoms with van der Waals surface area (Å²) >= 11 is 1.41. The van der Waals surface area contributed by atoms with Gasteiger partial charge in [0, 0.05) is 40.6 Å². The Labute approximate surface area is 199 Å². The summed E-state index contributed by atoms with van der Waals surface area (Å²) in [6.45, 7) is 3.16. The van der Waals surface area contributed by atoms with Crippen molar-refractivity contribution in [2.24, 2.45) is 0 Å². The molecule has 34 heavy (non-hydrogen) atoms. The highest BCUT2D eigenvalue weighted by Gasteiger charge is 2.27. The van der Waals surface area contributed by atoms with Gasteiger partial charge in [0.25, 0.3) is 0 Å². The normalized spacial score (nSPS) is 12.6. The lowest BCUT2D eigenvalue weighted by molar-refractivity contribution is -0.114. The van der Waals surface area contributed by atoms with Gasteiger partial charge in [-0.05, 0) is 50.3 Å². The summed E-state index contributed by atoms with van der Waals surface area (Å²) in [6.07, 6.45) is 3.01. The zero-order valence-corrected chi connectivity index (χ0v) is 19.6. The maximum atomic E-state index is 13.1. The Morgan fingerprint density at radius 2 is 1.88 bits per heavy atom. The molecule has 10 heteroatoms. The lowest BCUT2D eigenvalue weighted by Crippen LogP contribution is -2.14. The molecule has 0 saturated carbocycles. The summed E-state index contributed by atoms with van der Waals surface area (Å²) in [5.41, 5.74) is 1.80. The molecule has 0 bridgehead atoms. The van der Waals surface area contributed by atoms with Crippen LogP contribution in [0.25, 0.3) is 11.0 Å². The Bertz CT molecular complexity index is 1320. The van der Waals surface area contributed by atoms with Crippen LogP contribution >= 0.6 is 11.3 Å². The van der Waals surface area contributed by atoms with Gasteiger partial charge in [-0.3, -0.25) is 10.1 Å². The van der Waals surface area contributed by atoms with E-state index in [0.717, 1.165) is 36.1 Å². The van der Waals surface area contributed by atoms with Gasteiger partial charge in [-0.2, -0.15) is 0 Å². The Hall–Kier alpha value is -3.66. The average molecular weight is 485 g/mol. The van der Waals surface area contributed by atoms with Gasteiger partial charge in [-0.25, -0.2) is 14.4 Å². The zero-order chi connectivity index (χ0) is 24.2. The van der Waals surface area contributed by atoms with Crippen LogP contribution in [-0.2, 0) is 33.7 Å². The molecule has 1 aliphatic carbocycles. The van der Waals surface area contributed by atoms with Gasteiger partial charge in [-0.1, -0.05) is 0 Å². The van der Waals surface area contributed by atoms with Crippen molar-refractivity contribution >= 4 is 51.0 Å². The minimum Gasteiger partial charge on any atom is -0.457 e. The number of nitrogens with one attached hydrogen (secondary N) is 2. The third kappa shape index (κ3) is 5.12. The van der Waals surface area contributed by atoms with E-state index in [-0.39, 0.29) is 24.7 Å². The first-order valence-corrected chi connectivity index (χ1v) is 11.8. The van der Waals surface area contributed by atoms with Crippen molar-refractivity contribution in [2.45, 2.75) is 46.1 Å². The van der Waals surface area contributed by atoms with E-state index < -0.39 is 17.7 Å². The number of carbonyl (C=O) groups excluding carboxylic acids is 3. The smallest absolute Gasteiger partial charge is 0.411 e. The average Bonchev–Trinajstić information content (AvgIpc) is 3.14. The summed E-state index contributed by atoms with van der Waals surface area (Å²) in [6, 6.07) is 6.07. The molecule has 1 aromatic carbocycles. The number of benzene rings is 1. The van der Waals surface area contributed by atoms with Crippen molar-refractivity contribution < 1.29 is 28.3 Å². The van der Waals surface area contributed by atoms with Crippen molar-refractivity contribution in [3.63, 3.8) is 0 Å². The number of anilines is 2. The van der Waals surface area contributed by atoms with Crippen LogP contribution in [0.2, 0.25) is 0 Å². The van der Waals surface area contributed by atoms with Crippen molar-refractivity contribution in [3.05, 3.63) is 56.3 Å². The van der Waals surface area contributed by atoms with E-state index >= 15 is 0 Å². The molecule has 1 aliphatic rings. The molecule has 0 unspecified atom stereocenters. The van der Waals surface area contributed by atoms with E-state index in [2.05, 4.69) is 10.6 Å². The molecule has 3 aromatic rings. The molecule has 2 heterocycles. The number of ether oxygens (including phenoxy) is 2. The van der Waals surface area contributed by atoms with Crippen LogP contribution in [0.15, 0.2) is 33.5 Å². The number of aryl methyl sites for hydroxylation is 1. The molecule has 0 radical (unpaired) electrons. The van der Waals surface area contributed by atoms with Crippen molar-refractivity contribution in [1.29, 1.82) is 0 Å². The van der Waals surface area contributed by atoms with Gasteiger partial charge in [0.2, 0.25) is 5.91 Å². The van der Waals surface area contributed by atoms with E-state index in [1.165, 1.54) is 30.4 Å². The van der Waals surface area contributed by atoms with Gasteiger partial charge in [-0.15, -0.1) is 11.3 Å². The highest BCUT2D eigenvalue weighted by molar-refractivity contribution is 7.17. The molecule has 2 aromatic heterocycles. The molecule has 0 atom stereocenters. The minimum atomic E-state index is -0.622. The molecular weight excluding hydrogens is 460 g/mol. The number of esters is 1. The number of rotatable bonds is 6. The highest BCUT2D eigenvalue weighted by atomic mass is 32.1. The minimum absolute atomic E-state index is 0.157. The second-order valence-corrected chi connectivity index (χ2v) is 8.92. The topological polar surface area (TPSA) is 124 Å². The Morgan fingerprint density at radius 1 is 1.09 bits per heavy atom. The largest absolute Gasteiger partial charge is 0.457 e. The molecule has 0 saturated heterocycles. The van der Waals surface area contributed by atoms with Gasteiger partial charge in [0.15, 0.2) is 0 Å². The molecule has 4 rings (SSSR count). The van der Waals surface area contributed by atoms with Crippen LogP contribution in [-0.4, -0.2) is 24.6 Å². The molecule has 2 N–H and O–H groups in total. The van der Waals surface area contributed by atoms with E-state index in [1.807, 2.05) is 0 Å². The fraction of sp³-hybridized carbons (Fsp3) is 0.333. The molecule has 0 spiro atoms. The summed E-state index contributed by atoms with van der Waals surface area (Å²) in [5, 5.41) is 6.36. The predicted molar refractivity (Wildman–Crippen MR) is 128 cm³/mol. The summed E-state index contributed by atoms with van der Waals surface area (Å²) in [5.74, 6) is -0.809.